The number of methoxy groups -OCH3 is 1. The fraction of sp³-hybridized carbons (Fsp3) is 0.263. The van der Waals surface area contributed by atoms with Crippen molar-refractivity contribution < 1.29 is 14.3 Å². The van der Waals surface area contributed by atoms with Gasteiger partial charge in [0.1, 0.15) is 11.2 Å². The number of hydrogen-bond donors (Lipinski definition) is 2. The van der Waals surface area contributed by atoms with E-state index >= 15 is 0 Å². The minimum atomic E-state index is -1.06. The van der Waals surface area contributed by atoms with E-state index < -0.39 is 5.41 Å². The van der Waals surface area contributed by atoms with E-state index in [0.29, 0.717) is 34.3 Å². The molecule has 7 heteroatoms. The summed E-state index contributed by atoms with van der Waals surface area (Å²) in [5.41, 5.74) is 0.180. The van der Waals surface area contributed by atoms with Crippen LogP contribution < -0.4 is 15.4 Å². The van der Waals surface area contributed by atoms with Crippen LogP contribution in [0.2, 0.25) is 10.0 Å². The zero-order chi connectivity index (χ0) is 18.7. The van der Waals surface area contributed by atoms with Crippen LogP contribution in [0.25, 0.3) is 0 Å². The highest BCUT2D eigenvalue weighted by Gasteiger charge is 2.56. The SMILES string of the molecule is COc1ccc(Cl)cc1NC(=O)C1(C(=O)NCc2ccccc2Cl)CC1. The van der Waals surface area contributed by atoms with Crippen molar-refractivity contribution in [2.75, 3.05) is 12.4 Å². The molecule has 1 aliphatic rings. The number of rotatable bonds is 6. The van der Waals surface area contributed by atoms with Crippen LogP contribution in [-0.4, -0.2) is 18.9 Å². The third-order valence-electron chi connectivity index (χ3n) is 4.43. The minimum Gasteiger partial charge on any atom is -0.495 e. The normalized spacial score (nSPS) is 14.4. The Morgan fingerprint density at radius 3 is 2.50 bits per heavy atom. The monoisotopic (exact) mass is 392 g/mol. The molecule has 2 N–H and O–H groups in total. The number of carbonyl (C=O) groups excluding carboxylic acids is 2. The molecule has 1 fully saturated rings. The Labute approximate surface area is 161 Å². The number of carbonyl (C=O) groups is 2. The van der Waals surface area contributed by atoms with Crippen molar-refractivity contribution in [2.24, 2.45) is 5.41 Å². The van der Waals surface area contributed by atoms with Crippen molar-refractivity contribution in [2.45, 2.75) is 19.4 Å². The van der Waals surface area contributed by atoms with Gasteiger partial charge in [-0.1, -0.05) is 41.4 Å². The van der Waals surface area contributed by atoms with Crippen LogP contribution >= 0.6 is 23.2 Å². The molecule has 0 radical (unpaired) electrons. The van der Waals surface area contributed by atoms with Gasteiger partial charge in [-0.15, -0.1) is 0 Å². The van der Waals surface area contributed by atoms with E-state index in [1.54, 1.807) is 24.3 Å². The van der Waals surface area contributed by atoms with Gasteiger partial charge >= 0.3 is 0 Å². The number of anilines is 1. The lowest BCUT2D eigenvalue weighted by Gasteiger charge is -2.17. The fourth-order valence-corrected chi connectivity index (χ4v) is 3.06. The van der Waals surface area contributed by atoms with Crippen LogP contribution in [0.3, 0.4) is 0 Å². The zero-order valence-electron chi connectivity index (χ0n) is 14.1. The van der Waals surface area contributed by atoms with Crippen molar-refractivity contribution >= 4 is 40.7 Å². The van der Waals surface area contributed by atoms with Gasteiger partial charge in [0, 0.05) is 16.6 Å². The average molecular weight is 393 g/mol. The van der Waals surface area contributed by atoms with E-state index in [9.17, 15) is 9.59 Å². The maximum absolute atomic E-state index is 12.7. The molecule has 2 aromatic carbocycles. The Kier molecular flexibility index (Phi) is 5.39. The Morgan fingerprint density at radius 1 is 1.12 bits per heavy atom. The summed E-state index contributed by atoms with van der Waals surface area (Å²) in [4.78, 5) is 25.3. The first-order valence-corrected chi connectivity index (χ1v) is 8.88. The third-order valence-corrected chi connectivity index (χ3v) is 5.03. The van der Waals surface area contributed by atoms with Crippen molar-refractivity contribution in [1.82, 2.24) is 5.32 Å². The predicted molar refractivity (Wildman–Crippen MR) is 102 cm³/mol. The second kappa shape index (κ2) is 7.56. The highest BCUT2D eigenvalue weighted by molar-refractivity contribution is 6.31. The molecule has 136 valence electrons. The first kappa shape index (κ1) is 18.5. The average Bonchev–Trinajstić information content (AvgIpc) is 3.43. The molecule has 0 spiro atoms. The molecule has 0 atom stereocenters. The van der Waals surface area contributed by atoms with E-state index in [-0.39, 0.29) is 18.4 Å². The molecule has 0 bridgehead atoms. The molecule has 0 aliphatic heterocycles. The number of halogens is 2. The predicted octanol–water partition coefficient (Wildman–Crippen LogP) is 4.04. The molecule has 5 nitrogen and oxygen atoms in total. The summed E-state index contributed by atoms with van der Waals surface area (Å²) in [6, 6.07) is 12.2. The van der Waals surface area contributed by atoms with Crippen molar-refractivity contribution in [3.63, 3.8) is 0 Å². The van der Waals surface area contributed by atoms with Crippen LogP contribution in [0.4, 0.5) is 5.69 Å². The summed E-state index contributed by atoms with van der Waals surface area (Å²) in [6.45, 7) is 0.272. The molecule has 26 heavy (non-hydrogen) atoms. The van der Waals surface area contributed by atoms with Crippen LogP contribution in [0.5, 0.6) is 5.75 Å². The summed E-state index contributed by atoms with van der Waals surface area (Å²) in [5.74, 6) is -0.194. The van der Waals surface area contributed by atoms with E-state index in [0.717, 1.165) is 5.56 Å². The number of benzene rings is 2. The topological polar surface area (TPSA) is 67.4 Å². The molecule has 0 aromatic heterocycles. The van der Waals surface area contributed by atoms with E-state index in [1.165, 1.54) is 7.11 Å². The second-order valence-electron chi connectivity index (χ2n) is 6.15. The first-order valence-electron chi connectivity index (χ1n) is 8.13. The molecule has 0 heterocycles. The molecule has 2 amide bonds. The van der Waals surface area contributed by atoms with Crippen LogP contribution in [-0.2, 0) is 16.1 Å². The molecule has 0 unspecified atom stereocenters. The number of amides is 2. The van der Waals surface area contributed by atoms with Crippen molar-refractivity contribution in [1.29, 1.82) is 0 Å². The van der Waals surface area contributed by atoms with Gasteiger partial charge in [0.25, 0.3) is 0 Å². The lowest BCUT2D eigenvalue weighted by atomic mass is 10.0. The molecule has 1 aliphatic carbocycles. The number of ether oxygens (including phenoxy) is 1. The van der Waals surface area contributed by atoms with Crippen molar-refractivity contribution in [3.05, 3.63) is 58.1 Å². The first-order chi connectivity index (χ1) is 12.5. The van der Waals surface area contributed by atoms with E-state index in [2.05, 4.69) is 10.6 Å². The zero-order valence-corrected chi connectivity index (χ0v) is 15.7. The minimum absolute atomic E-state index is 0.272. The summed E-state index contributed by atoms with van der Waals surface area (Å²) in [7, 11) is 1.50. The highest BCUT2D eigenvalue weighted by Crippen LogP contribution is 2.47. The van der Waals surface area contributed by atoms with Gasteiger partial charge in [0.15, 0.2) is 0 Å². The number of nitrogens with one attached hydrogen (secondary N) is 2. The van der Waals surface area contributed by atoms with Gasteiger partial charge in [-0.2, -0.15) is 0 Å². The maximum atomic E-state index is 12.7. The lowest BCUT2D eigenvalue weighted by molar-refractivity contribution is -0.134. The van der Waals surface area contributed by atoms with Gasteiger partial charge in [-0.05, 0) is 42.7 Å². The largest absolute Gasteiger partial charge is 0.495 e. The molecule has 1 saturated carbocycles. The van der Waals surface area contributed by atoms with E-state index in [1.807, 2.05) is 18.2 Å². The van der Waals surface area contributed by atoms with Gasteiger partial charge in [0.05, 0.1) is 12.8 Å². The Morgan fingerprint density at radius 2 is 1.85 bits per heavy atom. The lowest BCUT2D eigenvalue weighted by Crippen LogP contribution is -2.39. The molecular weight excluding hydrogens is 375 g/mol. The molecule has 0 saturated heterocycles. The van der Waals surface area contributed by atoms with Crippen LogP contribution in [0, 0.1) is 5.41 Å². The summed E-state index contributed by atoms with van der Waals surface area (Å²) >= 11 is 12.1. The van der Waals surface area contributed by atoms with Crippen molar-refractivity contribution in [3.8, 4) is 5.75 Å². The van der Waals surface area contributed by atoms with Gasteiger partial charge in [-0.25, -0.2) is 0 Å². The van der Waals surface area contributed by atoms with Crippen LogP contribution in [0.1, 0.15) is 18.4 Å². The molecular formula is C19H18Cl2N2O3. The van der Waals surface area contributed by atoms with Gasteiger partial charge < -0.3 is 15.4 Å². The summed E-state index contributed by atoms with van der Waals surface area (Å²) in [5, 5.41) is 6.61. The quantitative estimate of drug-likeness (QED) is 0.728. The second-order valence-corrected chi connectivity index (χ2v) is 7.00. The van der Waals surface area contributed by atoms with Gasteiger partial charge in [0.2, 0.25) is 11.8 Å². The molecule has 2 aromatic rings. The summed E-state index contributed by atoms with van der Waals surface area (Å²) < 4.78 is 5.22. The maximum Gasteiger partial charge on any atom is 0.240 e. The molecule has 3 rings (SSSR count). The van der Waals surface area contributed by atoms with Crippen LogP contribution in [0.15, 0.2) is 42.5 Å². The Bertz CT molecular complexity index is 850. The highest BCUT2D eigenvalue weighted by atomic mass is 35.5. The standard InChI is InChI=1S/C19H18Cl2N2O3/c1-26-16-7-6-13(20)10-15(16)23-18(25)19(8-9-19)17(24)22-11-12-4-2-3-5-14(12)21/h2-7,10H,8-9,11H2,1H3,(H,22,24)(H,23,25). The summed E-state index contributed by atoms with van der Waals surface area (Å²) in [6.07, 6.45) is 0.992. The van der Waals surface area contributed by atoms with Gasteiger partial charge in [-0.3, -0.25) is 9.59 Å². The van der Waals surface area contributed by atoms with E-state index in [4.69, 9.17) is 27.9 Å². The number of hydrogen-bond acceptors (Lipinski definition) is 3. The third kappa shape index (κ3) is 3.79. The smallest absolute Gasteiger partial charge is 0.240 e. The Hall–Kier alpha value is -2.24. The fourth-order valence-electron chi connectivity index (χ4n) is 2.69. The Balaban J connectivity index is 1.68.